The number of hydrogen-bond donors (Lipinski definition) is 0. The summed E-state index contributed by atoms with van der Waals surface area (Å²) in [5.41, 5.74) is 4.70. The van der Waals surface area contributed by atoms with Crippen LogP contribution >= 0.6 is 0 Å². The second kappa shape index (κ2) is 16.4. The number of fused-ring (bicyclic) bond motifs is 6. The molecule has 0 atom stereocenters. The van der Waals surface area contributed by atoms with Crippen molar-refractivity contribution in [2.45, 2.75) is 68.5 Å². The molecule has 0 unspecified atom stereocenters. The maximum atomic E-state index is 8.25. The number of furan rings is 1. The molecule has 0 saturated carbocycles. The van der Waals surface area contributed by atoms with Crippen LogP contribution in [0.1, 0.15) is 77.5 Å². The minimum Gasteiger partial charge on any atom is -0.501 e. The van der Waals surface area contributed by atoms with E-state index in [2.05, 4.69) is 58.5 Å². The fourth-order valence-electron chi connectivity index (χ4n) is 5.71. The van der Waals surface area contributed by atoms with Gasteiger partial charge in [-0.3, -0.25) is 0 Å². The third kappa shape index (κ3) is 9.05. The molecule has 8 rings (SSSR count). The molecule has 0 N–H and O–H groups in total. The first-order valence-corrected chi connectivity index (χ1v) is 16.8. The Morgan fingerprint density at radius 1 is 0.769 bits per heavy atom. The molecule has 4 heteroatoms. The van der Waals surface area contributed by atoms with Crippen LogP contribution in [0.5, 0.6) is 0 Å². The van der Waals surface area contributed by atoms with Crippen LogP contribution in [0.2, 0.25) is 0 Å². The summed E-state index contributed by atoms with van der Waals surface area (Å²) in [6.07, 6.45) is 1.39. The molecule has 3 heterocycles. The van der Waals surface area contributed by atoms with Crippen molar-refractivity contribution in [1.82, 2.24) is 9.97 Å². The molecule has 5 aromatic carbocycles. The number of aryl methyl sites for hydroxylation is 3. The SMILES string of the molecule is [2H]C(C)(C)C.[2H]C([2H])([2H])c1c[c-]c(-c2ccc(C([2H])([2H])C(C)(C)C)cn2)cc1.[2H]Cc1cc(-c2[c-]ccc3c2oc2cc4c(ccc5ccccc54)cc23)ncc1C([2H])([2H])[2H].[Ir]. The van der Waals surface area contributed by atoms with Crippen molar-refractivity contribution in [1.29, 1.82) is 0 Å². The summed E-state index contributed by atoms with van der Waals surface area (Å²) in [4.78, 5) is 8.71. The van der Waals surface area contributed by atoms with E-state index in [9.17, 15) is 0 Å². The van der Waals surface area contributed by atoms with E-state index in [1.54, 1.807) is 30.3 Å². The van der Waals surface area contributed by atoms with Crippen molar-refractivity contribution in [3.05, 3.63) is 144 Å². The number of pyridine rings is 2. The van der Waals surface area contributed by atoms with Gasteiger partial charge in [-0.1, -0.05) is 120 Å². The normalized spacial score (nSPS) is 15.0. The van der Waals surface area contributed by atoms with Gasteiger partial charge < -0.3 is 14.4 Å². The van der Waals surface area contributed by atoms with Crippen molar-refractivity contribution in [3.8, 4) is 22.5 Å². The first-order valence-electron chi connectivity index (χ1n) is 22.0. The minimum absolute atomic E-state index is 0. The van der Waals surface area contributed by atoms with Crippen molar-refractivity contribution in [3.63, 3.8) is 0 Å². The molecule has 0 bridgehead atoms. The van der Waals surface area contributed by atoms with E-state index in [1.807, 2.05) is 65.8 Å². The van der Waals surface area contributed by atoms with E-state index in [0.717, 1.165) is 27.1 Å². The maximum absolute atomic E-state index is 8.25. The van der Waals surface area contributed by atoms with E-state index in [0.29, 0.717) is 39.2 Å². The molecule has 0 amide bonds. The topological polar surface area (TPSA) is 38.9 Å². The zero-order valence-corrected chi connectivity index (χ0v) is 32.6. The summed E-state index contributed by atoms with van der Waals surface area (Å²) in [5.74, 6) is -0.250. The monoisotopic (exact) mass is 871 g/mol. The Morgan fingerprint density at radius 3 is 2.25 bits per heavy atom. The Labute approximate surface area is 336 Å². The molecule has 3 nitrogen and oxygen atoms in total. The van der Waals surface area contributed by atoms with Gasteiger partial charge >= 0.3 is 0 Å². The minimum atomic E-state index is -2.31. The van der Waals surface area contributed by atoms with Gasteiger partial charge in [0, 0.05) is 51.6 Å². The average molecular weight is 871 g/mol. The Kier molecular flexibility index (Phi) is 8.51. The molecule has 0 fully saturated rings. The van der Waals surface area contributed by atoms with Crippen molar-refractivity contribution < 1.29 is 38.2 Å². The average Bonchev–Trinajstić information content (AvgIpc) is 3.56. The van der Waals surface area contributed by atoms with Gasteiger partial charge in [-0.15, -0.1) is 53.6 Å². The summed E-state index contributed by atoms with van der Waals surface area (Å²) < 4.78 is 82.8. The number of benzene rings is 5. The molecule has 3 aromatic heterocycles. The van der Waals surface area contributed by atoms with Crippen molar-refractivity contribution in [2.24, 2.45) is 11.3 Å². The number of hydrogen-bond acceptors (Lipinski definition) is 3. The molecule has 0 aliphatic heterocycles. The molecular weight excluding hydrogens is 813 g/mol. The van der Waals surface area contributed by atoms with Crippen molar-refractivity contribution in [2.75, 3.05) is 0 Å². The predicted octanol–water partition coefficient (Wildman–Crippen LogP) is 13.5. The summed E-state index contributed by atoms with van der Waals surface area (Å²) >= 11 is 0. The van der Waals surface area contributed by atoms with Crippen LogP contribution in [0.15, 0.2) is 114 Å². The molecule has 267 valence electrons. The quantitative estimate of drug-likeness (QED) is 0.131. The number of rotatable bonds is 3. The molecular formula is C48H48IrN2O-2. The van der Waals surface area contributed by atoms with E-state index in [4.69, 9.17) is 18.1 Å². The Balaban J connectivity index is 0.000000220. The first-order chi connectivity index (χ1) is 28.4. The summed E-state index contributed by atoms with van der Waals surface area (Å²) in [6, 6.07) is 36.5. The van der Waals surface area contributed by atoms with Gasteiger partial charge in [0.1, 0.15) is 5.58 Å². The maximum Gasteiger partial charge on any atom is 0.121 e. The molecule has 0 spiro atoms. The Hall–Kier alpha value is -4.63. The second-order valence-corrected chi connectivity index (χ2v) is 14.1. The number of nitrogens with zero attached hydrogens (tertiary/aromatic N) is 2. The van der Waals surface area contributed by atoms with Gasteiger partial charge in [0.15, 0.2) is 0 Å². The van der Waals surface area contributed by atoms with Crippen molar-refractivity contribution >= 4 is 43.5 Å². The Bertz CT molecular complexity index is 2810. The van der Waals surface area contributed by atoms with E-state index in [-0.39, 0.29) is 44.0 Å². The smallest absolute Gasteiger partial charge is 0.121 e. The number of aromatic nitrogens is 2. The van der Waals surface area contributed by atoms with Crippen LogP contribution in [0.3, 0.4) is 0 Å². The molecule has 0 aliphatic carbocycles. The third-order valence-electron chi connectivity index (χ3n) is 7.91. The van der Waals surface area contributed by atoms with Gasteiger partial charge in [-0.05, 0) is 87.6 Å². The first kappa shape index (κ1) is 27.0. The fourth-order valence-corrected chi connectivity index (χ4v) is 5.71. The summed E-state index contributed by atoms with van der Waals surface area (Å²) in [6.45, 7) is 6.52. The predicted molar refractivity (Wildman–Crippen MR) is 217 cm³/mol. The van der Waals surface area contributed by atoms with E-state index >= 15 is 0 Å². The molecule has 8 aromatic rings. The Morgan fingerprint density at radius 2 is 1.56 bits per heavy atom. The van der Waals surface area contributed by atoms with Gasteiger partial charge in [-0.25, -0.2) is 0 Å². The van der Waals surface area contributed by atoms with Crippen LogP contribution in [0, 0.1) is 44.0 Å². The van der Waals surface area contributed by atoms with Crippen LogP contribution in [-0.4, -0.2) is 9.97 Å². The zero-order chi connectivity index (χ0) is 44.7. The van der Waals surface area contributed by atoms with Crippen LogP contribution < -0.4 is 0 Å². The van der Waals surface area contributed by atoms with Crippen LogP contribution in [-0.2, 0) is 26.5 Å². The van der Waals surface area contributed by atoms with Crippen LogP contribution in [0.25, 0.3) is 66.0 Å². The standard InChI is InChI=1S/C27H18NO.C17H20N.C4H10.Ir/c1-16-12-25(28-15-17(16)2)22-9-5-8-21-24-13-19-11-10-18-6-3-4-7-20(18)23(19)14-26(24)29-27(21)22;1-13-5-8-15(9-6-13)16-10-7-14(12-18-16)11-17(2,3)4;1-4(2)3;/h3-8,10-15H,1-2H3;5-8,10,12H,11H2,1-4H3;4H,1-3H3;/q2*-1;;/i1D,2D3;1D3,11D2;4D;. The zero-order valence-electron chi connectivity index (χ0n) is 40.2. The van der Waals surface area contributed by atoms with Gasteiger partial charge in [0.25, 0.3) is 0 Å². The van der Waals surface area contributed by atoms with Gasteiger partial charge in [0.05, 0.1) is 5.58 Å². The van der Waals surface area contributed by atoms with E-state index < -0.39 is 25.5 Å². The van der Waals surface area contributed by atoms with Gasteiger partial charge in [0.2, 0.25) is 0 Å². The van der Waals surface area contributed by atoms with Gasteiger partial charge in [-0.2, -0.15) is 0 Å². The van der Waals surface area contributed by atoms with Crippen LogP contribution in [0.4, 0.5) is 0 Å². The summed E-state index contributed by atoms with van der Waals surface area (Å²) in [5, 5.41) is 6.56. The summed E-state index contributed by atoms with van der Waals surface area (Å²) in [7, 11) is 0. The molecule has 52 heavy (non-hydrogen) atoms. The molecule has 0 saturated heterocycles. The molecule has 1 radical (unpaired) electrons. The molecule has 0 aliphatic rings. The second-order valence-electron chi connectivity index (χ2n) is 14.1. The third-order valence-corrected chi connectivity index (χ3v) is 7.91. The fraction of sp³-hybridized carbons (Fsp3) is 0.250. The largest absolute Gasteiger partial charge is 0.501 e. The van der Waals surface area contributed by atoms with E-state index in [1.165, 1.54) is 29.2 Å².